The summed E-state index contributed by atoms with van der Waals surface area (Å²) in [5, 5.41) is 8.37. The number of ether oxygens (including phenoxy) is 2. The summed E-state index contributed by atoms with van der Waals surface area (Å²) in [5.41, 5.74) is 2.96. The molecule has 0 fully saturated rings. The molecule has 0 unspecified atom stereocenters. The Morgan fingerprint density at radius 3 is 2.54 bits per heavy atom. The van der Waals surface area contributed by atoms with Crippen LogP contribution in [0.25, 0.3) is 5.70 Å². The Bertz CT molecular complexity index is 966. The summed E-state index contributed by atoms with van der Waals surface area (Å²) >= 11 is 6.03. The van der Waals surface area contributed by atoms with E-state index >= 15 is 0 Å². The van der Waals surface area contributed by atoms with Gasteiger partial charge in [-0.25, -0.2) is 4.68 Å². The number of nitrogens with zero attached hydrogens (tertiary/aromatic N) is 3. The highest BCUT2D eigenvalue weighted by Crippen LogP contribution is 2.35. The molecule has 1 N–H and O–H groups in total. The van der Waals surface area contributed by atoms with Gasteiger partial charge in [0.15, 0.2) is 11.5 Å². The van der Waals surface area contributed by atoms with E-state index in [1.54, 1.807) is 14.2 Å². The summed E-state index contributed by atoms with van der Waals surface area (Å²) < 4.78 is 12.6. The summed E-state index contributed by atoms with van der Waals surface area (Å²) in [7, 11) is 3.24. The van der Waals surface area contributed by atoms with Crippen LogP contribution in [-0.2, 0) is 0 Å². The molecule has 1 aromatic heterocycles. The van der Waals surface area contributed by atoms with Crippen LogP contribution in [0.4, 0.5) is 5.95 Å². The fourth-order valence-corrected chi connectivity index (χ4v) is 3.13. The second-order valence-corrected chi connectivity index (χ2v) is 6.24. The van der Waals surface area contributed by atoms with Crippen molar-refractivity contribution in [1.82, 2.24) is 14.8 Å². The first-order chi connectivity index (χ1) is 12.7. The number of aromatic nitrogens is 3. The summed E-state index contributed by atoms with van der Waals surface area (Å²) in [4.78, 5) is 4.32. The predicted molar refractivity (Wildman–Crippen MR) is 101 cm³/mol. The molecule has 132 valence electrons. The minimum atomic E-state index is -0.0888. The fourth-order valence-electron chi connectivity index (χ4n) is 3.00. The number of methoxy groups -OCH3 is 2. The average molecular weight is 369 g/mol. The van der Waals surface area contributed by atoms with Crippen molar-refractivity contribution in [3.8, 4) is 11.5 Å². The van der Waals surface area contributed by atoms with Gasteiger partial charge in [0.1, 0.15) is 12.4 Å². The summed E-state index contributed by atoms with van der Waals surface area (Å²) in [5.74, 6) is 2.03. The lowest BCUT2D eigenvalue weighted by atomic mass is 10.0. The van der Waals surface area contributed by atoms with E-state index in [4.69, 9.17) is 21.1 Å². The normalized spacial score (nSPS) is 15.7. The Morgan fingerprint density at radius 1 is 1.04 bits per heavy atom. The first kappa shape index (κ1) is 16.5. The van der Waals surface area contributed by atoms with Crippen molar-refractivity contribution in [3.63, 3.8) is 0 Å². The summed E-state index contributed by atoms with van der Waals surface area (Å²) in [6.45, 7) is 0. The molecule has 3 aromatic rings. The Morgan fingerprint density at radius 2 is 1.81 bits per heavy atom. The van der Waals surface area contributed by atoms with Gasteiger partial charge in [0.25, 0.3) is 0 Å². The van der Waals surface area contributed by atoms with E-state index in [2.05, 4.69) is 21.5 Å². The lowest BCUT2D eigenvalue weighted by molar-refractivity contribution is 0.355. The maximum Gasteiger partial charge on any atom is 0.226 e. The zero-order valence-electron chi connectivity index (χ0n) is 14.3. The van der Waals surface area contributed by atoms with Gasteiger partial charge in [-0.15, -0.1) is 0 Å². The van der Waals surface area contributed by atoms with Crippen LogP contribution in [0, 0.1) is 0 Å². The maximum atomic E-state index is 6.03. The fraction of sp³-hybridized carbons (Fsp3) is 0.158. The number of hydrogen-bond donors (Lipinski definition) is 1. The molecule has 1 aliphatic heterocycles. The molecule has 2 aromatic carbocycles. The van der Waals surface area contributed by atoms with Crippen LogP contribution in [0.1, 0.15) is 17.2 Å². The van der Waals surface area contributed by atoms with E-state index in [1.165, 1.54) is 6.33 Å². The standard InChI is InChI=1S/C19H17ClN4O2/c1-25-17-8-5-13(9-18(17)26-2)15-10-16(12-3-6-14(20)7-4-12)24-19(23-15)21-11-22-24/h3-11,16H,1-2H3,(H,21,22,23)/t16-/m1/s1. The maximum absolute atomic E-state index is 6.03. The number of anilines is 1. The van der Waals surface area contributed by atoms with Gasteiger partial charge in [0, 0.05) is 16.3 Å². The quantitative estimate of drug-likeness (QED) is 0.754. The molecule has 4 rings (SSSR count). The minimum Gasteiger partial charge on any atom is -0.493 e. The van der Waals surface area contributed by atoms with Gasteiger partial charge in [0.05, 0.1) is 14.2 Å². The van der Waals surface area contributed by atoms with E-state index in [9.17, 15) is 0 Å². The average Bonchev–Trinajstić information content (AvgIpc) is 3.16. The van der Waals surface area contributed by atoms with E-state index < -0.39 is 0 Å². The number of rotatable bonds is 4. The van der Waals surface area contributed by atoms with Crippen LogP contribution >= 0.6 is 11.6 Å². The van der Waals surface area contributed by atoms with E-state index in [0.29, 0.717) is 22.5 Å². The third-order valence-corrected chi connectivity index (χ3v) is 4.57. The second-order valence-electron chi connectivity index (χ2n) is 5.80. The van der Waals surface area contributed by atoms with E-state index in [-0.39, 0.29) is 6.04 Å². The Balaban J connectivity index is 1.78. The molecule has 0 aliphatic carbocycles. The Hall–Kier alpha value is -2.99. The third-order valence-electron chi connectivity index (χ3n) is 4.31. The summed E-state index contributed by atoms with van der Waals surface area (Å²) in [6.07, 6.45) is 3.64. The Kier molecular flexibility index (Phi) is 4.26. The molecule has 7 heteroatoms. The van der Waals surface area contributed by atoms with Gasteiger partial charge < -0.3 is 14.8 Å². The smallest absolute Gasteiger partial charge is 0.226 e. The van der Waals surface area contributed by atoms with Crippen molar-refractivity contribution in [1.29, 1.82) is 0 Å². The molecule has 2 heterocycles. The van der Waals surface area contributed by atoms with Crippen LogP contribution in [0.5, 0.6) is 11.5 Å². The molecular formula is C19H17ClN4O2. The SMILES string of the molecule is COc1ccc(C2=C[C@H](c3ccc(Cl)cc3)n3ncnc3N2)cc1OC. The number of halogens is 1. The van der Waals surface area contributed by atoms with Gasteiger partial charge in [-0.05, 0) is 42.0 Å². The van der Waals surface area contributed by atoms with Crippen molar-refractivity contribution in [2.24, 2.45) is 0 Å². The van der Waals surface area contributed by atoms with Gasteiger partial charge in [-0.1, -0.05) is 23.7 Å². The molecular weight excluding hydrogens is 352 g/mol. The molecule has 6 nitrogen and oxygen atoms in total. The first-order valence-electron chi connectivity index (χ1n) is 8.06. The van der Waals surface area contributed by atoms with Crippen molar-refractivity contribution < 1.29 is 9.47 Å². The molecule has 1 atom stereocenters. The predicted octanol–water partition coefficient (Wildman–Crippen LogP) is 4.00. The van der Waals surface area contributed by atoms with Crippen molar-refractivity contribution in [3.05, 3.63) is 71.0 Å². The molecule has 0 bridgehead atoms. The van der Waals surface area contributed by atoms with Gasteiger partial charge in [-0.3, -0.25) is 0 Å². The molecule has 1 aliphatic rings. The topological polar surface area (TPSA) is 61.2 Å². The number of allylic oxidation sites excluding steroid dienone is 1. The van der Waals surface area contributed by atoms with E-state index in [1.807, 2.05) is 47.1 Å². The number of benzene rings is 2. The zero-order chi connectivity index (χ0) is 18.1. The van der Waals surface area contributed by atoms with Gasteiger partial charge in [0.2, 0.25) is 5.95 Å². The highest BCUT2D eigenvalue weighted by molar-refractivity contribution is 6.30. The third kappa shape index (κ3) is 2.88. The molecule has 0 saturated heterocycles. The van der Waals surface area contributed by atoms with Crippen molar-refractivity contribution in [2.45, 2.75) is 6.04 Å². The van der Waals surface area contributed by atoms with E-state index in [0.717, 1.165) is 16.8 Å². The van der Waals surface area contributed by atoms with Crippen LogP contribution in [0.3, 0.4) is 0 Å². The number of hydrogen-bond acceptors (Lipinski definition) is 5. The minimum absolute atomic E-state index is 0.0888. The second kappa shape index (κ2) is 6.72. The number of nitrogens with one attached hydrogen (secondary N) is 1. The molecule has 26 heavy (non-hydrogen) atoms. The van der Waals surface area contributed by atoms with Crippen molar-refractivity contribution in [2.75, 3.05) is 19.5 Å². The number of fused-ring (bicyclic) bond motifs is 1. The van der Waals surface area contributed by atoms with Crippen LogP contribution < -0.4 is 14.8 Å². The largest absolute Gasteiger partial charge is 0.493 e. The van der Waals surface area contributed by atoms with Crippen LogP contribution in [0.2, 0.25) is 5.02 Å². The monoisotopic (exact) mass is 368 g/mol. The first-order valence-corrected chi connectivity index (χ1v) is 8.43. The van der Waals surface area contributed by atoms with Crippen molar-refractivity contribution >= 4 is 23.2 Å². The van der Waals surface area contributed by atoms with Gasteiger partial charge in [-0.2, -0.15) is 10.1 Å². The Labute approximate surface area is 156 Å². The van der Waals surface area contributed by atoms with Crippen LogP contribution in [-0.4, -0.2) is 29.0 Å². The highest BCUT2D eigenvalue weighted by atomic mass is 35.5. The molecule has 0 radical (unpaired) electrons. The lowest BCUT2D eigenvalue weighted by Gasteiger charge is -2.24. The molecule has 0 saturated carbocycles. The van der Waals surface area contributed by atoms with Crippen LogP contribution in [0.15, 0.2) is 54.9 Å². The highest BCUT2D eigenvalue weighted by Gasteiger charge is 2.23. The lowest BCUT2D eigenvalue weighted by Crippen LogP contribution is -2.20. The zero-order valence-corrected chi connectivity index (χ0v) is 15.1. The summed E-state index contributed by atoms with van der Waals surface area (Å²) in [6, 6.07) is 13.4. The van der Waals surface area contributed by atoms with Gasteiger partial charge >= 0.3 is 0 Å². The molecule has 0 spiro atoms. The molecule has 0 amide bonds.